The van der Waals surface area contributed by atoms with Crippen LogP contribution in [0.5, 0.6) is 0 Å². The summed E-state index contributed by atoms with van der Waals surface area (Å²) in [7, 11) is 0. The van der Waals surface area contributed by atoms with E-state index in [4.69, 9.17) is 11.6 Å². The number of halogens is 4. The van der Waals surface area contributed by atoms with Crippen LogP contribution in [0.3, 0.4) is 0 Å². The maximum atomic E-state index is 13.3. The number of hydrogen-bond donors (Lipinski definition) is 1. The molecule has 0 saturated carbocycles. The van der Waals surface area contributed by atoms with Gasteiger partial charge in [0.2, 0.25) is 0 Å². The highest BCUT2D eigenvalue weighted by molar-refractivity contribution is 6.37. The van der Waals surface area contributed by atoms with Gasteiger partial charge in [-0.25, -0.2) is 4.98 Å². The minimum Gasteiger partial charge on any atom is -0.339 e. The van der Waals surface area contributed by atoms with Crippen molar-refractivity contribution in [1.29, 1.82) is 0 Å². The molecule has 0 saturated heterocycles. The van der Waals surface area contributed by atoms with E-state index in [2.05, 4.69) is 10.3 Å². The molecule has 1 aromatic heterocycles. The zero-order chi connectivity index (χ0) is 23.5. The third-order valence-corrected chi connectivity index (χ3v) is 5.57. The SMILES string of the molecule is CCCN(CCC)C(=O)c1cnc(Nc2cccc(C(F)(F)F)c2C)c2cccc(Cl)c12. The molecule has 0 aliphatic rings. The van der Waals surface area contributed by atoms with Crippen LogP contribution in [0, 0.1) is 6.92 Å². The first-order valence-electron chi connectivity index (χ1n) is 10.5. The summed E-state index contributed by atoms with van der Waals surface area (Å²) in [6.45, 7) is 6.64. The molecule has 0 spiro atoms. The van der Waals surface area contributed by atoms with Crippen LogP contribution in [0.1, 0.15) is 48.2 Å². The van der Waals surface area contributed by atoms with Crippen molar-refractivity contribution in [3.63, 3.8) is 0 Å². The molecule has 0 aliphatic heterocycles. The fourth-order valence-corrected chi connectivity index (χ4v) is 4.03. The molecule has 0 bridgehead atoms. The van der Waals surface area contributed by atoms with E-state index in [1.54, 1.807) is 29.2 Å². The Morgan fingerprint density at radius 2 is 1.75 bits per heavy atom. The van der Waals surface area contributed by atoms with Crippen molar-refractivity contribution >= 4 is 39.8 Å². The number of nitrogens with one attached hydrogen (secondary N) is 1. The summed E-state index contributed by atoms with van der Waals surface area (Å²) >= 11 is 6.48. The molecular weight excluding hydrogens is 439 g/mol. The molecule has 3 aromatic rings. The molecule has 3 rings (SSSR count). The van der Waals surface area contributed by atoms with E-state index in [9.17, 15) is 18.0 Å². The van der Waals surface area contributed by atoms with Crippen molar-refractivity contribution in [2.24, 2.45) is 0 Å². The molecule has 8 heteroatoms. The van der Waals surface area contributed by atoms with Crippen molar-refractivity contribution in [1.82, 2.24) is 9.88 Å². The first-order chi connectivity index (χ1) is 15.2. The number of nitrogens with zero attached hydrogens (tertiary/aromatic N) is 2. The second kappa shape index (κ2) is 9.77. The highest BCUT2D eigenvalue weighted by Crippen LogP contribution is 2.37. The third-order valence-electron chi connectivity index (χ3n) is 5.26. The van der Waals surface area contributed by atoms with Gasteiger partial charge in [-0.1, -0.05) is 43.6 Å². The zero-order valence-electron chi connectivity index (χ0n) is 18.2. The number of rotatable bonds is 7. The fourth-order valence-electron chi connectivity index (χ4n) is 3.75. The molecule has 1 heterocycles. The maximum absolute atomic E-state index is 13.3. The molecule has 170 valence electrons. The Balaban J connectivity index is 2.10. The minimum absolute atomic E-state index is 0.0641. The minimum atomic E-state index is -4.46. The molecule has 1 amide bonds. The van der Waals surface area contributed by atoms with Crippen LogP contribution in [0.25, 0.3) is 10.8 Å². The van der Waals surface area contributed by atoms with Crippen LogP contribution in [0.15, 0.2) is 42.6 Å². The molecule has 32 heavy (non-hydrogen) atoms. The number of carbonyl (C=O) groups is 1. The lowest BCUT2D eigenvalue weighted by Crippen LogP contribution is -2.32. The van der Waals surface area contributed by atoms with Crippen molar-refractivity contribution in [3.8, 4) is 0 Å². The van der Waals surface area contributed by atoms with Gasteiger partial charge in [-0.15, -0.1) is 0 Å². The van der Waals surface area contributed by atoms with Gasteiger partial charge >= 0.3 is 6.18 Å². The summed E-state index contributed by atoms with van der Waals surface area (Å²) in [5.41, 5.74) is 0.00527. The second-order valence-electron chi connectivity index (χ2n) is 7.58. The van der Waals surface area contributed by atoms with Gasteiger partial charge in [0.1, 0.15) is 5.82 Å². The Morgan fingerprint density at radius 3 is 2.38 bits per heavy atom. The van der Waals surface area contributed by atoms with Gasteiger partial charge in [-0.3, -0.25) is 4.79 Å². The number of carbonyl (C=O) groups excluding carboxylic acids is 1. The highest BCUT2D eigenvalue weighted by Gasteiger charge is 2.33. The van der Waals surface area contributed by atoms with E-state index >= 15 is 0 Å². The van der Waals surface area contributed by atoms with Crippen LogP contribution < -0.4 is 5.32 Å². The molecule has 0 aliphatic carbocycles. The summed E-state index contributed by atoms with van der Waals surface area (Å²) < 4.78 is 39.9. The summed E-state index contributed by atoms with van der Waals surface area (Å²) in [4.78, 5) is 19.4. The Morgan fingerprint density at radius 1 is 1.09 bits per heavy atom. The predicted molar refractivity (Wildman–Crippen MR) is 123 cm³/mol. The molecule has 2 aromatic carbocycles. The average molecular weight is 464 g/mol. The van der Waals surface area contributed by atoms with Gasteiger partial charge in [-0.2, -0.15) is 13.2 Å². The molecule has 0 radical (unpaired) electrons. The van der Waals surface area contributed by atoms with Gasteiger partial charge in [0, 0.05) is 40.8 Å². The number of alkyl halides is 3. The third kappa shape index (κ3) is 4.83. The Bertz CT molecular complexity index is 1130. The lowest BCUT2D eigenvalue weighted by Gasteiger charge is -2.23. The monoisotopic (exact) mass is 463 g/mol. The Kier molecular flexibility index (Phi) is 7.29. The highest BCUT2D eigenvalue weighted by atomic mass is 35.5. The van der Waals surface area contributed by atoms with E-state index in [0.29, 0.717) is 40.3 Å². The Hall–Kier alpha value is -2.80. The molecule has 1 N–H and O–H groups in total. The first kappa shape index (κ1) is 23.9. The largest absolute Gasteiger partial charge is 0.416 e. The molecule has 0 unspecified atom stereocenters. The van der Waals surface area contributed by atoms with Gasteiger partial charge in [0.25, 0.3) is 5.91 Å². The van der Waals surface area contributed by atoms with Crippen molar-refractivity contribution in [2.75, 3.05) is 18.4 Å². The summed E-state index contributed by atoms with van der Waals surface area (Å²) in [6, 6.07) is 9.11. The van der Waals surface area contributed by atoms with Gasteiger partial charge < -0.3 is 10.2 Å². The summed E-state index contributed by atoms with van der Waals surface area (Å²) in [6.07, 6.45) is -1.38. The predicted octanol–water partition coefficient (Wildman–Crippen LogP) is 7.22. The zero-order valence-corrected chi connectivity index (χ0v) is 18.9. The number of hydrogen-bond acceptors (Lipinski definition) is 3. The van der Waals surface area contributed by atoms with Crippen molar-refractivity contribution < 1.29 is 18.0 Å². The lowest BCUT2D eigenvalue weighted by atomic mass is 10.0. The molecular formula is C24H25ClF3N3O. The lowest BCUT2D eigenvalue weighted by molar-refractivity contribution is -0.138. The number of benzene rings is 2. The average Bonchev–Trinajstić information content (AvgIpc) is 2.74. The quantitative estimate of drug-likeness (QED) is 0.402. The standard InChI is InChI=1S/C24H25ClF3N3O/c1-4-12-31(13-5-2)23(32)17-14-29-22(16-8-6-10-19(25)21(16)17)30-20-11-7-9-18(15(20)3)24(26,27)28/h6-11,14H,4-5,12-13H2,1-3H3,(H,29,30). The fraction of sp³-hybridized carbons (Fsp3) is 0.333. The van der Waals surface area contributed by atoms with E-state index in [0.717, 1.165) is 18.9 Å². The van der Waals surface area contributed by atoms with Crippen molar-refractivity contribution in [3.05, 3.63) is 64.3 Å². The molecule has 4 nitrogen and oxygen atoms in total. The van der Waals surface area contributed by atoms with Crippen LogP contribution in [-0.2, 0) is 6.18 Å². The van der Waals surface area contributed by atoms with E-state index in [1.807, 2.05) is 13.8 Å². The second-order valence-corrected chi connectivity index (χ2v) is 7.98. The number of amides is 1. The van der Waals surface area contributed by atoms with Crippen LogP contribution in [0.4, 0.5) is 24.7 Å². The maximum Gasteiger partial charge on any atom is 0.416 e. The van der Waals surface area contributed by atoms with Crippen LogP contribution >= 0.6 is 11.6 Å². The smallest absolute Gasteiger partial charge is 0.339 e. The normalized spacial score (nSPS) is 11.6. The first-order valence-corrected chi connectivity index (χ1v) is 10.9. The van der Waals surface area contributed by atoms with Crippen molar-refractivity contribution in [2.45, 2.75) is 39.8 Å². The molecule has 0 atom stereocenters. The Labute approximate surface area is 190 Å². The van der Waals surface area contributed by atoms with Gasteiger partial charge in [0.05, 0.1) is 11.1 Å². The summed E-state index contributed by atoms with van der Waals surface area (Å²) in [5, 5.41) is 4.48. The number of pyridine rings is 1. The van der Waals surface area contributed by atoms with Gasteiger partial charge in [0.15, 0.2) is 0 Å². The number of anilines is 2. The number of aromatic nitrogens is 1. The number of fused-ring (bicyclic) bond motifs is 1. The van der Waals surface area contributed by atoms with Gasteiger partial charge in [-0.05, 0) is 43.5 Å². The van der Waals surface area contributed by atoms with E-state index in [1.165, 1.54) is 19.2 Å². The summed E-state index contributed by atoms with van der Waals surface area (Å²) in [5.74, 6) is 0.167. The molecule has 0 fully saturated rings. The topological polar surface area (TPSA) is 45.2 Å². The van der Waals surface area contributed by atoms with Crippen LogP contribution in [0.2, 0.25) is 5.02 Å². The van der Waals surface area contributed by atoms with E-state index < -0.39 is 11.7 Å². The van der Waals surface area contributed by atoms with Crippen LogP contribution in [-0.4, -0.2) is 28.9 Å². The van der Waals surface area contributed by atoms with E-state index in [-0.39, 0.29) is 17.2 Å².